The van der Waals surface area contributed by atoms with Crippen LogP contribution in [-0.2, 0) is 11.8 Å². The number of hydrogen-bond donors (Lipinski definition) is 0. The Labute approximate surface area is 85.5 Å². The van der Waals surface area contributed by atoms with Gasteiger partial charge in [-0.25, -0.2) is 0 Å². The molecule has 0 bridgehead atoms. The normalized spacial score (nSPS) is 8.85. The lowest BCUT2D eigenvalue weighted by Crippen LogP contribution is -1.88. The third-order valence-electron chi connectivity index (χ3n) is 1.62. The summed E-state index contributed by atoms with van der Waals surface area (Å²) in [4.78, 5) is 0. The third-order valence-corrected chi connectivity index (χ3v) is 2.27. The Kier molecular flexibility index (Phi) is 3.49. The van der Waals surface area contributed by atoms with Crippen molar-refractivity contribution in [2.45, 2.75) is 11.8 Å². The third kappa shape index (κ3) is 2.57. The van der Waals surface area contributed by atoms with Gasteiger partial charge >= 0.3 is 0 Å². The molecule has 2 nitrogen and oxygen atoms in total. The molecule has 0 saturated heterocycles. The fraction of sp³-hybridized carbons (Fsp3) is 0.200. The van der Waals surface area contributed by atoms with Gasteiger partial charge < -0.3 is 0 Å². The molecule has 1 aromatic rings. The molecule has 0 spiro atoms. The fourth-order valence-corrected chi connectivity index (χ4v) is 1.42. The molecule has 1 rings (SSSR count). The molecule has 0 N–H and O–H groups in total. The van der Waals surface area contributed by atoms with Crippen LogP contribution in [0.15, 0.2) is 18.2 Å². The van der Waals surface area contributed by atoms with E-state index in [-0.39, 0.29) is 0 Å². The van der Waals surface area contributed by atoms with Crippen LogP contribution in [0.5, 0.6) is 0 Å². The summed E-state index contributed by atoms with van der Waals surface area (Å²) in [7, 11) is 0. The van der Waals surface area contributed by atoms with Gasteiger partial charge in [-0.05, 0) is 23.3 Å². The van der Waals surface area contributed by atoms with Crippen molar-refractivity contribution in [2.75, 3.05) is 0 Å². The molecule has 3 heteroatoms. The van der Waals surface area contributed by atoms with Gasteiger partial charge in [0.1, 0.15) is 0 Å². The molecule has 0 aromatic heterocycles. The topological polar surface area (TPSA) is 47.6 Å². The predicted molar refractivity (Wildman–Crippen MR) is 53.1 cm³/mol. The summed E-state index contributed by atoms with van der Waals surface area (Å²) in [5.41, 5.74) is 2.54. The minimum absolute atomic E-state index is 0.357. The minimum atomic E-state index is 0.357. The molecule has 0 aliphatic rings. The first kappa shape index (κ1) is 9.77. The molecule has 0 aliphatic heterocycles. The highest BCUT2D eigenvalue weighted by Gasteiger charge is 1.99. The van der Waals surface area contributed by atoms with Crippen LogP contribution in [0.4, 0.5) is 0 Å². The monoisotopic (exact) mass is 234 g/mol. The number of rotatable bonds is 2. The van der Waals surface area contributed by atoms with Crippen molar-refractivity contribution in [2.24, 2.45) is 0 Å². The van der Waals surface area contributed by atoms with Gasteiger partial charge in [-0.1, -0.05) is 22.0 Å². The molecule has 0 saturated carbocycles. The highest BCUT2D eigenvalue weighted by Crippen LogP contribution is 2.12. The van der Waals surface area contributed by atoms with E-state index in [1.54, 1.807) is 6.07 Å². The van der Waals surface area contributed by atoms with Gasteiger partial charge in [-0.2, -0.15) is 10.5 Å². The molecular formula is C10H7BrN2. The number of hydrogen-bond acceptors (Lipinski definition) is 2. The summed E-state index contributed by atoms with van der Waals surface area (Å²) in [6, 6.07) is 9.62. The zero-order chi connectivity index (χ0) is 9.68. The van der Waals surface area contributed by atoms with Crippen LogP contribution in [0.1, 0.15) is 16.7 Å². The minimum Gasteiger partial charge on any atom is -0.198 e. The highest BCUT2D eigenvalue weighted by atomic mass is 79.9. The van der Waals surface area contributed by atoms with E-state index in [2.05, 4.69) is 28.1 Å². The largest absolute Gasteiger partial charge is 0.198 e. The van der Waals surface area contributed by atoms with Crippen molar-refractivity contribution in [1.29, 1.82) is 10.5 Å². The van der Waals surface area contributed by atoms with Crippen LogP contribution in [0, 0.1) is 22.7 Å². The lowest BCUT2D eigenvalue weighted by Gasteiger charge is -2.00. The Hall–Kier alpha value is -1.32. The fourth-order valence-electron chi connectivity index (χ4n) is 1.10. The zero-order valence-corrected chi connectivity index (χ0v) is 8.50. The molecule has 0 radical (unpaired) electrons. The molecule has 0 amide bonds. The van der Waals surface area contributed by atoms with Gasteiger partial charge in [0.25, 0.3) is 0 Å². The number of benzene rings is 1. The smallest absolute Gasteiger partial charge is 0.0991 e. The first-order chi connectivity index (χ1) is 6.30. The van der Waals surface area contributed by atoms with Crippen LogP contribution in [-0.4, -0.2) is 0 Å². The standard InChI is InChI=1S/C10H7BrN2/c11-6-9-3-8(1-2-12)4-10(5-9)7-13/h3-5H,1,6H2. The van der Waals surface area contributed by atoms with E-state index in [0.29, 0.717) is 17.3 Å². The van der Waals surface area contributed by atoms with Gasteiger partial charge in [0.15, 0.2) is 0 Å². The molecule has 64 valence electrons. The zero-order valence-electron chi connectivity index (χ0n) is 6.92. The first-order valence-electron chi connectivity index (χ1n) is 3.76. The van der Waals surface area contributed by atoms with E-state index >= 15 is 0 Å². The van der Waals surface area contributed by atoms with Gasteiger partial charge in [-0.15, -0.1) is 0 Å². The molecule has 0 heterocycles. The quantitative estimate of drug-likeness (QED) is 0.739. The summed E-state index contributed by atoms with van der Waals surface area (Å²) in [6.45, 7) is 0. The SMILES string of the molecule is N#CCc1cc(C#N)cc(CBr)c1. The van der Waals surface area contributed by atoms with Gasteiger partial charge in [0.05, 0.1) is 24.1 Å². The molecule has 13 heavy (non-hydrogen) atoms. The maximum Gasteiger partial charge on any atom is 0.0991 e. The maximum absolute atomic E-state index is 8.70. The number of halogens is 1. The van der Waals surface area contributed by atoms with Gasteiger partial charge in [0.2, 0.25) is 0 Å². The summed E-state index contributed by atoms with van der Waals surface area (Å²) < 4.78 is 0. The van der Waals surface area contributed by atoms with Crippen LogP contribution < -0.4 is 0 Å². The Bertz CT molecular complexity index is 385. The predicted octanol–water partition coefficient (Wildman–Crippen LogP) is 2.52. The van der Waals surface area contributed by atoms with Crippen LogP contribution >= 0.6 is 15.9 Å². The second-order valence-electron chi connectivity index (χ2n) is 2.62. The number of alkyl halides is 1. The Balaban J connectivity index is 3.10. The van der Waals surface area contributed by atoms with Crippen molar-refractivity contribution in [3.63, 3.8) is 0 Å². The van der Waals surface area contributed by atoms with Crippen LogP contribution in [0.3, 0.4) is 0 Å². The number of nitrogens with zero attached hydrogens (tertiary/aromatic N) is 2. The van der Waals surface area contributed by atoms with E-state index < -0.39 is 0 Å². The lowest BCUT2D eigenvalue weighted by atomic mass is 10.1. The molecular weight excluding hydrogens is 228 g/mol. The van der Waals surface area contributed by atoms with E-state index in [1.807, 2.05) is 12.1 Å². The van der Waals surface area contributed by atoms with E-state index in [4.69, 9.17) is 10.5 Å². The summed E-state index contributed by atoms with van der Waals surface area (Å²) in [5.74, 6) is 0. The van der Waals surface area contributed by atoms with Crippen LogP contribution in [0.2, 0.25) is 0 Å². The highest BCUT2D eigenvalue weighted by molar-refractivity contribution is 9.08. The average molecular weight is 235 g/mol. The first-order valence-corrected chi connectivity index (χ1v) is 4.88. The van der Waals surface area contributed by atoms with E-state index in [9.17, 15) is 0 Å². The van der Waals surface area contributed by atoms with Gasteiger partial charge in [0, 0.05) is 5.33 Å². The maximum atomic E-state index is 8.70. The summed E-state index contributed by atoms with van der Waals surface area (Å²) >= 11 is 3.31. The average Bonchev–Trinajstić information content (AvgIpc) is 2.17. The summed E-state index contributed by atoms with van der Waals surface area (Å²) in [5, 5.41) is 17.9. The molecule has 0 atom stereocenters. The van der Waals surface area contributed by atoms with Crippen molar-refractivity contribution >= 4 is 15.9 Å². The number of nitriles is 2. The molecule has 0 unspecified atom stereocenters. The second-order valence-corrected chi connectivity index (χ2v) is 3.18. The Morgan fingerprint density at radius 2 is 1.85 bits per heavy atom. The Morgan fingerprint density at radius 3 is 2.38 bits per heavy atom. The van der Waals surface area contributed by atoms with Crippen molar-refractivity contribution in [3.05, 3.63) is 34.9 Å². The molecule has 0 aliphatic carbocycles. The second kappa shape index (κ2) is 4.64. The van der Waals surface area contributed by atoms with Gasteiger partial charge in [-0.3, -0.25) is 0 Å². The van der Waals surface area contributed by atoms with Crippen molar-refractivity contribution in [1.82, 2.24) is 0 Å². The summed E-state index contributed by atoms with van der Waals surface area (Å²) in [6.07, 6.45) is 0.357. The lowest BCUT2D eigenvalue weighted by molar-refractivity contribution is 1.23. The molecule has 1 aromatic carbocycles. The molecule has 0 fully saturated rings. The van der Waals surface area contributed by atoms with Crippen molar-refractivity contribution < 1.29 is 0 Å². The van der Waals surface area contributed by atoms with Crippen molar-refractivity contribution in [3.8, 4) is 12.1 Å². The Morgan fingerprint density at radius 1 is 1.15 bits per heavy atom. The van der Waals surface area contributed by atoms with Crippen LogP contribution in [0.25, 0.3) is 0 Å². The van der Waals surface area contributed by atoms with E-state index in [1.165, 1.54) is 0 Å². The van der Waals surface area contributed by atoms with E-state index in [0.717, 1.165) is 11.1 Å².